The normalized spacial score (nSPS) is 12.6. The molecule has 0 aliphatic carbocycles. The summed E-state index contributed by atoms with van der Waals surface area (Å²) in [5, 5.41) is 7.30. The van der Waals surface area contributed by atoms with E-state index in [9.17, 15) is 0 Å². The molecule has 18 heavy (non-hydrogen) atoms. The van der Waals surface area contributed by atoms with Gasteiger partial charge in [-0.05, 0) is 32.0 Å². The quantitative estimate of drug-likeness (QED) is 0.874. The Balaban J connectivity index is 2.13. The number of pyridine rings is 1. The summed E-state index contributed by atoms with van der Waals surface area (Å²) in [6.45, 7) is 7.09. The van der Waals surface area contributed by atoms with E-state index in [2.05, 4.69) is 34.3 Å². The second-order valence-electron chi connectivity index (χ2n) is 4.34. The number of likely N-dealkylation sites (N-methyl/N-ethyl adjacent to an activating group) is 1. The van der Waals surface area contributed by atoms with E-state index in [-0.39, 0.29) is 0 Å². The van der Waals surface area contributed by atoms with Gasteiger partial charge in [-0.25, -0.2) is 0 Å². The standard InChI is InChI=1S/C13H18N4O/c1-4-14-10(3)8-11-16-13(17-18-11)12-9(2)6-5-7-15-12/h5-7,10,14H,4,8H2,1-3H3. The van der Waals surface area contributed by atoms with Crippen LogP contribution in [0, 0.1) is 6.92 Å². The molecule has 2 rings (SSSR count). The summed E-state index contributed by atoms with van der Waals surface area (Å²) in [6, 6.07) is 4.21. The van der Waals surface area contributed by atoms with Crippen LogP contribution < -0.4 is 5.32 Å². The fourth-order valence-corrected chi connectivity index (χ4v) is 1.84. The van der Waals surface area contributed by atoms with Crippen molar-refractivity contribution in [2.24, 2.45) is 0 Å². The van der Waals surface area contributed by atoms with Gasteiger partial charge in [0, 0.05) is 18.7 Å². The first-order valence-electron chi connectivity index (χ1n) is 6.18. The SMILES string of the molecule is CCNC(C)Cc1nc(-c2ncccc2C)no1. The lowest BCUT2D eigenvalue weighted by molar-refractivity contribution is 0.363. The van der Waals surface area contributed by atoms with E-state index in [1.807, 2.05) is 19.1 Å². The molecule has 0 aliphatic rings. The zero-order valence-electron chi connectivity index (χ0n) is 11.0. The van der Waals surface area contributed by atoms with Crippen LogP contribution in [0.25, 0.3) is 11.5 Å². The van der Waals surface area contributed by atoms with Gasteiger partial charge in [0.15, 0.2) is 0 Å². The number of nitrogens with zero attached hydrogens (tertiary/aromatic N) is 3. The van der Waals surface area contributed by atoms with Crippen molar-refractivity contribution < 1.29 is 4.52 Å². The lowest BCUT2D eigenvalue weighted by Gasteiger charge is -2.07. The van der Waals surface area contributed by atoms with Gasteiger partial charge in [0.2, 0.25) is 11.7 Å². The van der Waals surface area contributed by atoms with Crippen LogP contribution in [0.15, 0.2) is 22.9 Å². The maximum Gasteiger partial charge on any atom is 0.228 e. The highest BCUT2D eigenvalue weighted by atomic mass is 16.5. The zero-order chi connectivity index (χ0) is 13.0. The van der Waals surface area contributed by atoms with Crippen molar-refractivity contribution in [3.05, 3.63) is 29.8 Å². The third-order valence-electron chi connectivity index (χ3n) is 2.72. The third-order valence-corrected chi connectivity index (χ3v) is 2.72. The van der Waals surface area contributed by atoms with E-state index < -0.39 is 0 Å². The smallest absolute Gasteiger partial charge is 0.228 e. The Bertz CT molecular complexity index is 509. The lowest BCUT2D eigenvalue weighted by atomic mass is 10.2. The fourth-order valence-electron chi connectivity index (χ4n) is 1.84. The van der Waals surface area contributed by atoms with Gasteiger partial charge in [0.25, 0.3) is 0 Å². The molecule has 2 heterocycles. The molecule has 2 aromatic heterocycles. The van der Waals surface area contributed by atoms with E-state index in [0.717, 1.165) is 24.2 Å². The molecule has 1 unspecified atom stereocenters. The number of aryl methyl sites for hydroxylation is 1. The van der Waals surface area contributed by atoms with E-state index >= 15 is 0 Å². The van der Waals surface area contributed by atoms with E-state index in [4.69, 9.17) is 4.52 Å². The first-order chi connectivity index (χ1) is 8.70. The first kappa shape index (κ1) is 12.7. The fraction of sp³-hybridized carbons (Fsp3) is 0.462. The minimum atomic E-state index is 0.327. The number of rotatable bonds is 5. The van der Waals surface area contributed by atoms with Gasteiger partial charge in [0.05, 0.1) is 0 Å². The highest BCUT2D eigenvalue weighted by Crippen LogP contribution is 2.17. The molecule has 1 atom stereocenters. The summed E-state index contributed by atoms with van der Waals surface area (Å²) in [6.07, 6.45) is 2.46. The minimum Gasteiger partial charge on any atom is -0.339 e. The molecule has 2 aromatic rings. The van der Waals surface area contributed by atoms with Gasteiger partial charge in [-0.3, -0.25) is 4.98 Å². The predicted octanol–water partition coefficient (Wildman–Crippen LogP) is 1.98. The van der Waals surface area contributed by atoms with Crippen molar-refractivity contribution in [3.63, 3.8) is 0 Å². The lowest BCUT2D eigenvalue weighted by Crippen LogP contribution is -2.27. The highest BCUT2D eigenvalue weighted by Gasteiger charge is 2.13. The second-order valence-corrected chi connectivity index (χ2v) is 4.34. The highest BCUT2D eigenvalue weighted by molar-refractivity contribution is 5.53. The van der Waals surface area contributed by atoms with Crippen molar-refractivity contribution in [3.8, 4) is 11.5 Å². The van der Waals surface area contributed by atoms with Crippen LogP contribution in [0.5, 0.6) is 0 Å². The van der Waals surface area contributed by atoms with Gasteiger partial charge < -0.3 is 9.84 Å². The predicted molar refractivity (Wildman–Crippen MR) is 69.1 cm³/mol. The van der Waals surface area contributed by atoms with E-state index in [0.29, 0.717) is 17.8 Å². The molecule has 0 saturated carbocycles. The molecule has 0 spiro atoms. The summed E-state index contributed by atoms with van der Waals surface area (Å²) in [5.74, 6) is 1.20. The van der Waals surface area contributed by atoms with Crippen molar-refractivity contribution in [1.82, 2.24) is 20.4 Å². The van der Waals surface area contributed by atoms with Crippen molar-refractivity contribution in [2.75, 3.05) is 6.54 Å². The van der Waals surface area contributed by atoms with Crippen LogP contribution in [-0.2, 0) is 6.42 Å². The molecule has 0 saturated heterocycles. The Morgan fingerprint density at radius 2 is 2.28 bits per heavy atom. The van der Waals surface area contributed by atoms with Crippen LogP contribution in [0.1, 0.15) is 25.3 Å². The van der Waals surface area contributed by atoms with Gasteiger partial charge >= 0.3 is 0 Å². The van der Waals surface area contributed by atoms with Gasteiger partial charge in [-0.2, -0.15) is 4.98 Å². The molecule has 0 bridgehead atoms. The van der Waals surface area contributed by atoms with E-state index in [1.54, 1.807) is 6.20 Å². The number of hydrogen-bond acceptors (Lipinski definition) is 5. The van der Waals surface area contributed by atoms with Gasteiger partial charge in [-0.15, -0.1) is 0 Å². The van der Waals surface area contributed by atoms with Crippen LogP contribution in [0.4, 0.5) is 0 Å². The molecular weight excluding hydrogens is 228 g/mol. The Hall–Kier alpha value is -1.75. The topological polar surface area (TPSA) is 63.8 Å². The molecule has 96 valence electrons. The van der Waals surface area contributed by atoms with Crippen molar-refractivity contribution >= 4 is 0 Å². The minimum absolute atomic E-state index is 0.327. The molecule has 5 nitrogen and oxygen atoms in total. The van der Waals surface area contributed by atoms with Crippen LogP contribution >= 0.6 is 0 Å². The monoisotopic (exact) mass is 246 g/mol. The van der Waals surface area contributed by atoms with Gasteiger partial charge in [-0.1, -0.05) is 18.1 Å². The summed E-state index contributed by atoms with van der Waals surface area (Å²) in [5.41, 5.74) is 1.83. The number of hydrogen-bond donors (Lipinski definition) is 1. The maximum absolute atomic E-state index is 5.25. The third kappa shape index (κ3) is 2.92. The molecule has 0 fully saturated rings. The van der Waals surface area contributed by atoms with Crippen molar-refractivity contribution in [2.45, 2.75) is 33.2 Å². The zero-order valence-corrected chi connectivity index (χ0v) is 11.0. The molecule has 0 amide bonds. The largest absolute Gasteiger partial charge is 0.339 e. The first-order valence-corrected chi connectivity index (χ1v) is 6.18. The average molecular weight is 246 g/mol. The molecule has 0 aliphatic heterocycles. The molecule has 1 N–H and O–H groups in total. The van der Waals surface area contributed by atoms with E-state index in [1.165, 1.54) is 0 Å². The Kier molecular flexibility index (Phi) is 4.04. The Labute approximate surface area is 107 Å². The summed E-state index contributed by atoms with van der Waals surface area (Å²) in [4.78, 5) is 8.66. The number of aromatic nitrogens is 3. The van der Waals surface area contributed by atoms with Gasteiger partial charge in [0.1, 0.15) is 5.69 Å². The number of nitrogens with one attached hydrogen (secondary N) is 1. The Morgan fingerprint density at radius 3 is 3.00 bits per heavy atom. The summed E-state index contributed by atoms with van der Waals surface area (Å²) >= 11 is 0. The summed E-state index contributed by atoms with van der Waals surface area (Å²) in [7, 11) is 0. The van der Waals surface area contributed by atoms with Crippen LogP contribution in [0.2, 0.25) is 0 Å². The molecule has 0 aromatic carbocycles. The maximum atomic E-state index is 5.25. The molecule has 0 radical (unpaired) electrons. The molecular formula is C13H18N4O. The van der Waals surface area contributed by atoms with Crippen LogP contribution in [-0.4, -0.2) is 27.7 Å². The van der Waals surface area contributed by atoms with Crippen molar-refractivity contribution in [1.29, 1.82) is 0 Å². The second kappa shape index (κ2) is 5.73. The molecule has 5 heteroatoms. The average Bonchev–Trinajstić information content (AvgIpc) is 2.78. The summed E-state index contributed by atoms with van der Waals surface area (Å²) < 4.78 is 5.25. The Morgan fingerprint density at radius 1 is 1.44 bits per heavy atom. The van der Waals surface area contributed by atoms with Crippen LogP contribution in [0.3, 0.4) is 0 Å².